The Labute approximate surface area is 174 Å². The van der Waals surface area contributed by atoms with Crippen LogP contribution in [0.15, 0.2) is 73.3 Å². The Hall–Kier alpha value is -3.07. The minimum atomic E-state index is -0.365. The fraction of sp³-hybridized carbons (Fsp3) is 0.269. The molecule has 0 atom stereocenters. The van der Waals surface area contributed by atoms with E-state index in [0.29, 0.717) is 12.5 Å². The zero-order valence-corrected chi connectivity index (χ0v) is 17.7. The van der Waals surface area contributed by atoms with Gasteiger partial charge in [0, 0.05) is 18.3 Å². The Morgan fingerprint density at radius 3 is 2.48 bits per heavy atom. The van der Waals surface area contributed by atoms with Crippen LogP contribution in [0, 0.1) is 0 Å². The van der Waals surface area contributed by atoms with Crippen molar-refractivity contribution in [3.8, 4) is 0 Å². The number of allylic oxidation sites excluding steroid dienone is 1. The van der Waals surface area contributed by atoms with Gasteiger partial charge in [-0.3, -0.25) is 0 Å². The van der Waals surface area contributed by atoms with E-state index in [9.17, 15) is 4.79 Å². The van der Waals surface area contributed by atoms with Gasteiger partial charge in [-0.2, -0.15) is 0 Å². The number of hydrogen-bond donors (Lipinski definition) is 1. The summed E-state index contributed by atoms with van der Waals surface area (Å²) in [5.41, 5.74) is 6.72. The third-order valence-electron chi connectivity index (χ3n) is 4.81. The van der Waals surface area contributed by atoms with E-state index >= 15 is 0 Å². The lowest BCUT2D eigenvalue weighted by Crippen LogP contribution is -2.04. The fourth-order valence-electron chi connectivity index (χ4n) is 2.88. The summed E-state index contributed by atoms with van der Waals surface area (Å²) in [7, 11) is 1.37. The van der Waals surface area contributed by atoms with Crippen LogP contribution in [-0.2, 0) is 9.53 Å². The summed E-state index contributed by atoms with van der Waals surface area (Å²) in [5.74, 6) is 0.174. The highest BCUT2D eigenvalue weighted by molar-refractivity contribution is 5.87. The molecular formula is C26H31NO2. The van der Waals surface area contributed by atoms with E-state index in [-0.39, 0.29) is 5.97 Å². The molecule has 0 bridgehead atoms. The van der Waals surface area contributed by atoms with Gasteiger partial charge < -0.3 is 10.1 Å². The number of nitrogens with one attached hydrogen (secondary N) is 1. The Morgan fingerprint density at radius 1 is 1.10 bits per heavy atom. The third kappa shape index (κ3) is 7.46. The van der Waals surface area contributed by atoms with E-state index in [2.05, 4.69) is 61.3 Å². The average Bonchev–Trinajstić information content (AvgIpc) is 2.74. The van der Waals surface area contributed by atoms with Crippen molar-refractivity contribution >= 4 is 23.3 Å². The first-order valence-corrected chi connectivity index (χ1v) is 9.93. The van der Waals surface area contributed by atoms with Crippen LogP contribution in [0.1, 0.15) is 49.3 Å². The van der Waals surface area contributed by atoms with Crippen LogP contribution in [0.3, 0.4) is 0 Å². The molecule has 0 saturated heterocycles. The van der Waals surface area contributed by atoms with Gasteiger partial charge in [-0.25, -0.2) is 4.79 Å². The summed E-state index contributed by atoms with van der Waals surface area (Å²) in [6.07, 6.45) is 4.93. The second kappa shape index (κ2) is 11.1. The largest absolute Gasteiger partial charge is 0.466 e. The Balaban J connectivity index is 1.81. The van der Waals surface area contributed by atoms with Gasteiger partial charge in [-0.1, -0.05) is 69.0 Å². The van der Waals surface area contributed by atoms with Gasteiger partial charge >= 0.3 is 5.97 Å². The molecule has 0 fully saturated rings. The summed E-state index contributed by atoms with van der Waals surface area (Å²) < 4.78 is 4.62. The Morgan fingerprint density at radius 2 is 1.83 bits per heavy atom. The van der Waals surface area contributed by atoms with E-state index in [1.807, 2.05) is 24.3 Å². The number of carbonyl (C=O) groups excluding carboxylic acids is 1. The number of benzene rings is 2. The summed E-state index contributed by atoms with van der Waals surface area (Å²) in [5, 5.41) is 3.39. The number of carbonyl (C=O) groups is 1. The number of hydrogen-bond acceptors (Lipinski definition) is 3. The highest BCUT2D eigenvalue weighted by Gasteiger charge is 2.04. The number of methoxy groups -OCH3 is 1. The molecule has 2 aromatic carbocycles. The van der Waals surface area contributed by atoms with Crippen molar-refractivity contribution in [2.75, 3.05) is 19.0 Å². The lowest BCUT2D eigenvalue weighted by atomic mass is 9.96. The van der Waals surface area contributed by atoms with E-state index in [0.717, 1.165) is 35.2 Å². The number of ether oxygens (including phenoxy) is 1. The maximum Gasteiger partial charge on any atom is 0.330 e. The Kier molecular flexibility index (Phi) is 8.47. The standard InChI is InChI=1S/C26H31NO2/c1-19(2)23-12-14-24(15-13-23)21(4)10-9-20(3)18-27-25-8-6-7-22(17-25)11-16-26(28)29-5/h6-8,11-17,19,27H,3-4,9-10,18H2,1-2,5H3/b16-11+. The maximum atomic E-state index is 11.2. The number of rotatable bonds is 10. The van der Waals surface area contributed by atoms with Crippen molar-refractivity contribution in [3.63, 3.8) is 0 Å². The zero-order valence-electron chi connectivity index (χ0n) is 17.7. The molecule has 0 radical (unpaired) electrons. The molecule has 0 unspecified atom stereocenters. The molecule has 1 N–H and O–H groups in total. The lowest BCUT2D eigenvalue weighted by Gasteiger charge is -2.12. The first-order chi connectivity index (χ1) is 13.9. The predicted octanol–water partition coefficient (Wildman–Crippen LogP) is 6.46. The summed E-state index contributed by atoms with van der Waals surface area (Å²) in [6.45, 7) is 13.5. The van der Waals surface area contributed by atoms with Crippen LogP contribution in [0.4, 0.5) is 5.69 Å². The molecule has 3 nitrogen and oxygen atoms in total. The third-order valence-corrected chi connectivity index (χ3v) is 4.81. The van der Waals surface area contributed by atoms with Crippen molar-refractivity contribution in [2.45, 2.75) is 32.6 Å². The SMILES string of the molecule is C=C(CCC(=C)c1ccc(C(C)C)cc1)CNc1cccc(/C=C/C(=O)OC)c1. The van der Waals surface area contributed by atoms with Gasteiger partial charge in [-0.15, -0.1) is 0 Å². The quantitative estimate of drug-likeness (QED) is 0.288. The van der Waals surface area contributed by atoms with Crippen molar-refractivity contribution in [2.24, 2.45) is 0 Å². The van der Waals surface area contributed by atoms with Crippen LogP contribution in [0.25, 0.3) is 11.6 Å². The first kappa shape index (κ1) is 22.2. The molecule has 0 heterocycles. The van der Waals surface area contributed by atoms with Crippen LogP contribution >= 0.6 is 0 Å². The van der Waals surface area contributed by atoms with Crippen LogP contribution < -0.4 is 5.32 Å². The van der Waals surface area contributed by atoms with Crippen LogP contribution in [0.5, 0.6) is 0 Å². The van der Waals surface area contributed by atoms with Gasteiger partial charge in [-0.05, 0) is 59.2 Å². The minimum Gasteiger partial charge on any atom is -0.466 e. The second-order valence-electron chi connectivity index (χ2n) is 7.47. The smallest absolute Gasteiger partial charge is 0.330 e. The molecule has 0 aliphatic heterocycles. The minimum absolute atomic E-state index is 0.365. The summed E-state index contributed by atoms with van der Waals surface area (Å²) >= 11 is 0. The van der Waals surface area contributed by atoms with Gasteiger partial charge in [0.1, 0.15) is 0 Å². The monoisotopic (exact) mass is 389 g/mol. The topological polar surface area (TPSA) is 38.3 Å². The molecule has 0 aliphatic carbocycles. The normalized spacial score (nSPS) is 10.9. The molecule has 0 aromatic heterocycles. The molecule has 152 valence electrons. The highest BCUT2D eigenvalue weighted by atomic mass is 16.5. The Bertz CT molecular complexity index is 876. The maximum absolute atomic E-state index is 11.2. The molecule has 0 spiro atoms. The molecule has 0 amide bonds. The second-order valence-corrected chi connectivity index (χ2v) is 7.47. The van der Waals surface area contributed by atoms with Gasteiger partial charge in [0.25, 0.3) is 0 Å². The van der Waals surface area contributed by atoms with Crippen molar-refractivity contribution < 1.29 is 9.53 Å². The van der Waals surface area contributed by atoms with Crippen LogP contribution in [-0.4, -0.2) is 19.6 Å². The van der Waals surface area contributed by atoms with Crippen molar-refractivity contribution in [1.29, 1.82) is 0 Å². The fourth-order valence-corrected chi connectivity index (χ4v) is 2.88. The molecule has 2 aromatic rings. The zero-order chi connectivity index (χ0) is 21.2. The predicted molar refractivity (Wildman–Crippen MR) is 124 cm³/mol. The van der Waals surface area contributed by atoms with Gasteiger partial charge in [0.05, 0.1) is 7.11 Å². The van der Waals surface area contributed by atoms with Gasteiger partial charge in [0.15, 0.2) is 0 Å². The molecule has 3 heteroatoms. The highest BCUT2D eigenvalue weighted by Crippen LogP contribution is 2.23. The summed E-state index contributed by atoms with van der Waals surface area (Å²) in [4.78, 5) is 11.2. The first-order valence-electron chi connectivity index (χ1n) is 9.93. The van der Waals surface area contributed by atoms with E-state index in [1.54, 1.807) is 6.08 Å². The van der Waals surface area contributed by atoms with Crippen LogP contribution in [0.2, 0.25) is 0 Å². The molecule has 2 rings (SSSR count). The number of esters is 1. The van der Waals surface area contributed by atoms with Gasteiger partial charge in [0.2, 0.25) is 0 Å². The van der Waals surface area contributed by atoms with Crippen molar-refractivity contribution in [1.82, 2.24) is 0 Å². The number of anilines is 1. The lowest BCUT2D eigenvalue weighted by molar-refractivity contribution is -0.134. The van der Waals surface area contributed by atoms with E-state index in [1.165, 1.54) is 24.3 Å². The molecule has 0 aliphatic rings. The van der Waals surface area contributed by atoms with Crippen molar-refractivity contribution in [3.05, 3.63) is 90.0 Å². The molecule has 29 heavy (non-hydrogen) atoms. The molecular weight excluding hydrogens is 358 g/mol. The average molecular weight is 390 g/mol. The van der Waals surface area contributed by atoms with E-state index in [4.69, 9.17) is 0 Å². The summed E-state index contributed by atoms with van der Waals surface area (Å²) in [6, 6.07) is 16.6. The van der Waals surface area contributed by atoms with E-state index < -0.39 is 0 Å². The molecule has 0 saturated carbocycles.